The van der Waals surface area contributed by atoms with Crippen molar-refractivity contribution >= 4 is 5.96 Å². The van der Waals surface area contributed by atoms with E-state index in [-0.39, 0.29) is 0 Å². The predicted octanol–water partition coefficient (Wildman–Crippen LogP) is 3.15. The zero-order chi connectivity index (χ0) is 12.6. The van der Waals surface area contributed by atoms with Gasteiger partial charge in [0.15, 0.2) is 5.96 Å². The van der Waals surface area contributed by atoms with Crippen molar-refractivity contribution in [2.24, 2.45) is 16.6 Å². The van der Waals surface area contributed by atoms with Gasteiger partial charge in [-0.25, -0.2) is 0 Å². The topological polar surface area (TPSA) is 41.6 Å². The third kappa shape index (κ3) is 4.51. The fourth-order valence-corrected chi connectivity index (χ4v) is 3.17. The Bertz CT molecular complexity index is 248. The number of aliphatic imine (C=N–C) groups is 1. The highest BCUT2D eigenvalue weighted by atomic mass is 15.2. The van der Waals surface area contributed by atoms with Gasteiger partial charge in [0.1, 0.15) is 0 Å². The largest absolute Gasteiger partial charge is 0.370 e. The molecule has 0 radical (unpaired) electrons. The molecule has 3 nitrogen and oxygen atoms in total. The van der Waals surface area contributed by atoms with Crippen LogP contribution < -0.4 is 5.73 Å². The van der Waals surface area contributed by atoms with E-state index in [2.05, 4.69) is 9.89 Å². The van der Waals surface area contributed by atoms with Crippen LogP contribution in [0, 0.1) is 5.92 Å². The number of piperidine rings is 1. The number of hydrogen-bond donors (Lipinski definition) is 1. The van der Waals surface area contributed by atoms with E-state index in [1.807, 2.05) is 0 Å². The normalized spacial score (nSPS) is 24.7. The van der Waals surface area contributed by atoms with Crippen LogP contribution in [-0.2, 0) is 0 Å². The summed E-state index contributed by atoms with van der Waals surface area (Å²) in [6.07, 6.45) is 13.7. The summed E-state index contributed by atoms with van der Waals surface area (Å²) in [6.45, 7) is 3.18. The third-order valence-corrected chi connectivity index (χ3v) is 4.42. The number of hydrogen-bond acceptors (Lipinski definition) is 1. The van der Waals surface area contributed by atoms with Crippen molar-refractivity contribution in [1.29, 1.82) is 0 Å². The van der Waals surface area contributed by atoms with E-state index in [0.29, 0.717) is 0 Å². The summed E-state index contributed by atoms with van der Waals surface area (Å²) < 4.78 is 0. The first-order chi connectivity index (χ1) is 8.86. The first-order valence-electron chi connectivity index (χ1n) is 7.91. The fraction of sp³-hybridized carbons (Fsp3) is 0.933. The van der Waals surface area contributed by atoms with Gasteiger partial charge >= 0.3 is 0 Å². The van der Waals surface area contributed by atoms with Gasteiger partial charge in [0.05, 0.1) is 0 Å². The molecule has 0 spiro atoms. The highest BCUT2D eigenvalue weighted by molar-refractivity contribution is 5.78. The molecule has 2 rings (SSSR count). The minimum Gasteiger partial charge on any atom is -0.370 e. The van der Waals surface area contributed by atoms with Gasteiger partial charge in [-0.3, -0.25) is 4.99 Å². The third-order valence-electron chi connectivity index (χ3n) is 4.42. The summed E-state index contributed by atoms with van der Waals surface area (Å²) >= 11 is 0. The molecule has 0 aromatic carbocycles. The highest BCUT2D eigenvalue weighted by Crippen LogP contribution is 2.22. The Morgan fingerprint density at radius 1 is 0.889 bits per heavy atom. The molecule has 0 aromatic rings. The van der Waals surface area contributed by atoms with Gasteiger partial charge in [0.25, 0.3) is 0 Å². The summed E-state index contributed by atoms with van der Waals surface area (Å²) in [5, 5.41) is 0. The molecule has 0 amide bonds. The van der Waals surface area contributed by atoms with E-state index in [4.69, 9.17) is 5.73 Å². The Hall–Kier alpha value is -0.730. The lowest BCUT2D eigenvalue weighted by Gasteiger charge is -2.28. The molecule has 2 aliphatic rings. The van der Waals surface area contributed by atoms with E-state index < -0.39 is 0 Å². The number of likely N-dealkylation sites (tertiary alicyclic amines) is 1. The Kier molecular flexibility index (Phi) is 5.82. The molecule has 2 fully saturated rings. The maximum Gasteiger partial charge on any atom is 0.191 e. The Balaban J connectivity index is 1.76. The van der Waals surface area contributed by atoms with E-state index in [1.165, 1.54) is 64.2 Å². The lowest BCUT2D eigenvalue weighted by atomic mass is 9.91. The van der Waals surface area contributed by atoms with Crippen LogP contribution in [0.25, 0.3) is 0 Å². The van der Waals surface area contributed by atoms with E-state index in [1.54, 1.807) is 0 Å². The summed E-state index contributed by atoms with van der Waals surface area (Å²) in [6, 6.07) is 0. The van der Waals surface area contributed by atoms with Crippen molar-refractivity contribution in [3.63, 3.8) is 0 Å². The van der Waals surface area contributed by atoms with Gasteiger partial charge in [-0.15, -0.1) is 0 Å². The summed E-state index contributed by atoms with van der Waals surface area (Å²) in [5.41, 5.74) is 6.11. The Morgan fingerprint density at radius 2 is 1.44 bits per heavy atom. The number of guanidine groups is 1. The average Bonchev–Trinajstić information content (AvgIpc) is 2.38. The van der Waals surface area contributed by atoms with Gasteiger partial charge in [0.2, 0.25) is 0 Å². The zero-order valence-corrected chi connectivity index (χ0v) is 11.7. The molecule has 1 aliphatic heterocycles. The second-order valence-corrected chi connectivity index (χ2v) is 5.96. The molecular formula is C15H29N3. The first kappa shape index (κ1) is 13.7. The van der Waals surface area contributed by atoms with Crippen LogP contribution in [0.15, 0.2) is 4.99 Å². The van der Waals surface area contributed by atoms with Crippen LogP contribution in [-0.4, -0.2) is 30.5 Å². The zero-order valence-electron chi connectivity index (χ0n) is 11.7. The quantitative estimate of drug-likeness (QED) is 0.605. The molecule has 2 N–H and O–H groups in total. The Morgan fingerprint density at radius 3 is 2.11 bits per heavy atom. The van der Waals surface area contributed by atoms with Gasteiger partial charge in [-0.1, -0.05) is 32.1 Å². The van der Waals surface area contributed by atoms with Gasteiger partial charge < -0.3 is 10.6 Å². The average molecular weight is 251 g/mol. The standard InChI is InChI=1S/C15H29N3/c16-15(18-11-7-4-8-12-18)17-13-14-9-5-2-1-3-6-10-14/h14H,1-13H2,(H2,16,17). The van der Waals surface area contributed by atoms with Crippen LogP contribution in [0.4, 0.5) is 0 Å². The molecule has 3 heteroatoms. The first-order valence-corrected chi connectivity index (χ1v) is 7.91. The van der Waals surface area contributed by atoms with Crippen molar-refractivity contribution in [2.75, 3.05) is 19.6 Å². The van der Waals surface area contributed by atoms with Crippen LogP contribution in [0.3, 0.4) is 0 Å². The molecule has 104 valence electrons. The maximum atomic E-state index is 6.11. The maximum absolute atomic E-state index is 6.11. The summed E-state index contributed by atoms with van der Waals surface area (Å²) in [5.74, 6) is 1.59. The second kappa shape index (κ2) is 7.65. The molecule has 1 saturated carbocycles. The molecular weight excluding hydrogens is 222 g/mol. The molecule has 0 bridgehead atoms. The monoisotopic (exact) mass is 251 g/mol. The minimum atomic E-state index is 0.786. The molecule has 0 aromatic heterocycles. The molecule has 1 aliphatic carbocycles. The van der Waals surface area contributed by atoms with Gasteiger partial charge in [-0.2, -0.15) is 0 Å². The van der Waals surface area contributed by atoms with Crippen molar-refractivity contribution in [1.82, 2.24) is 4.90 Å². The van der Waals surface area contributed by atoms with E-state index in [9.17, 15) is 0 Å². The van der Waals surface area contributed by atoms with E-state index in [0.717, 1.165) is 31.5 Å². The van der Waals surface area contributed by atoms with Crippen LogP contribution in [0.5, 0.6) is 0 Å². The van der Waals surface area contributed by atoms with Crippen LogP contribution in [0.1, 0.15) is 64.2 Å². The van der Waals surface area contributed by atoms with Gasteiger partial charge in [0, 0.05) is 19.6 Å². The Labute approximate surface area is 112 Å². The second-order valence-electron chi connectivity index (χ2n) is 5.96. The number of rotatable bonds is 2. The molecule has 0 atom stereocenters. The molecule has 0 unspecified atom stereocenters. The van der Waals surface area contributed by atoms with Gasteiger partial charge in [-0.05, 0) is 38.0 Å². The van der Waals surface area contributed by atoms with Crippen molar-refractivity contribution < 1.29 is 0 Å². The van der Waals surface area contributed by atoms with Crippen molar-refractivity contribution in [2.45, 2.75) is 64.2 Å². The van der Waals surface area contributed by atoms with Crippen molar-refractivity contribution in [3.05, 3.63) is 0 Å². The summed E-state index contributed by atoms with van der Waals surface area (Å²) in [7, 11) is 0. The minimum absolute atomic E-state index is 0.786. The molecule has 18 heavy (non-hydrogen) atoms. The SMILES string of the molecule is NC(=NCC1CCCCCCC1)N1CCCCC1. The predicted molar refractivity (Wildman–Crippen MR) is 77.7 cm³/mol. The van der Waals surface area contributed by atoms with Crippen LogP contribution in [0.2, 0.25) is 0 Å². The lowest BCUT2D eigenvalue weighted by molar-refractivity contribution is 0.334. The number of nitrogens with two attached hydrogens (primary N) is 1. The summed E-state index contributed by atoms with van der Waals surface area (Å²) in [4.78, 5) is 6.93. The van der Waals surface area contributed by atoms with E-state index >= 15 is 0 Å². The molecule has 1 heterocycles. The van der Waals surface area contributed by atoms with Crippen LogP contribution >= 0.6 is 0 Å². The van der Waals surface area contributed by atoms with Crippen molar-refractivity contribution in [3.8, 4) is 0 Å². The fourth-order valence-electron chi connectivity index (χ4n) is 3.17. The highest BCUT2D eigenvalue weighted by Gasteiger charge is 2.14. The lowest BCUT2D eigenvalue weighted by Crippen LogP contribution is -2.41. The molecule has 1 saturated heterocycles. The smallest absolute Gasteiger partial charge is 0.191 e. The number of nitrogens with zero attached hydrogens (tertiary/aromatic N) is 2.